The molecule has 47 heteroatoms. The maximum atomic E-state index is 15.0. The normalized spacial score (nSPS) is 15.7. The lowest BCUT2D eigenvalue weighted by atomic mass is 10.00. The molecule has 0 saturated carbocycles. The first-order chi connectivity index (χ1) is 59.2. The fourth-order valence-corrected chi connectivity index (χ4v) is 13.3. The van der Waals surface area contributed by atoms with E-state index >= 15 is 4.79 Å². The SMILES string of the molecule is CC(C)C[C@H](NC(=O)[C@H](CCCNC(=N)N)NC(=O)[C@@H](N)CCCNC(=N)N)C(=O)N[C@@H](CC(N)=O)C(=O)N[C@@H](CCCCN)C(=O)N1CCC[C@H]1C(=O)N[C@@H](Cc1ccccc1)C(=O)N[C@@H](CC(C)C)C(=O)N[C@@H](CC(=O)O)C(=O)N[C@@H](Cc1ccc(O)cc1)C(=O)NCC(=O)N[C@@H](CC(=O)O)C(=O)N[C@H](C(=O)N[C@H](C(=O)N[C@@H](CS)C(=O)O)C(C)C)[C@@H](C)O. The molecule has 2 aromatic rings. The van der Waals surface area contributed by atoms with Gasteiger partial charge in [-0.15, -0.1) is 0 Å². The number of hydrogen-bond donors (Lipinski definition) is 28. The molecule has 1 aliphatic heterocycles. The van der Waals surface area contributed by atoms with Crippen LogP contribution < -0.4 is 108 Å². The Morgan fingerprint density at radius 3 is 1.39 bits per heavy atom. The Morgan fingerprint density at radius 2 is 0.897 bits per heavy atom. The number of carbonyl (C=O) groups excluding carboxylic acids is 15. The van der Waals surface area contributed by atoms with E-state index in [4.69, 9.17) is 39.5 Å². The topological polar surface area (TPSA) is 770 Å². The molecule has 0 radical (unpaired) electrons. The number of unbranched alkanes of at least 4 members (excludes halogenated alkanes) is 1. The molecule has 32 N–H and O–H groups in total. The summed E-state index contributed by atoms with van der Waals surface area (Å²) in [6.07, 6.45) is -4.70. The van der Waals surface area contributed by atoms with Gasteiger partial charge in [0.05, 0.1) is 38.0 Å². The van der Waals surface area contributed by atoms with Crippen LogP contribution in [0.2, 0.25) is 0 Å². The maximum Gasteiger partial charge on any atom is 0.327 e. The average molecular weight is 1800 g/mol. The van der Waals surface area contributed by atoms with Gasteiger partial charge in [0.15, 0.2) is 11.9 Å². The highest BCUT2D eigenvalue weighted by atomic mass is 32.1. The summed E-state index contributed by atoms with van der Waals surface area (Å²) in [5.41, 5.74) is 29.2. The highest BCUT2D eigenvalue weighted by molar-refractivity contribution is 7.80. The second-order valence-electron chi connectivity index (χ2n) is 31.6. The van der Waals surface area contributed by atoms with E-state index in [0.29, 0.717) is 18.4 Å². The Balaban J connectivity index is 1.95. The largest absolute Gasteiger partial charge is 0.508 e. The van der Waals surface area contributed by atoms with Crippen molar-refractivity contribution >= 4 is 131 Å². The fraction of sp³-hybridized carbons (Fsp3) is 0.595. The molecule has 1 heterocycles. The lowest BCUT2D eigenvalue weighted by Crippen LogP contribution is -2.61. The monoisotopic (exact) mass is 1800 g/mol. The standard InChI is InChI=1S/C79H125N23O23S/c1-39(2)30-49(93-66(113)47(20-14-28-88-79(85)86)91-64(111)46(81)18-13-27-87-78(83)84)67(114)96-53(34-58(82)105)70(117)92-48(19-11-12-26-80)76(123)102-29-15-21-57(102)73(120)98-52(32-43-16-9-8-10-17-43)69(116)94-50(31-40(3)4)68(115)97-55(36-61(109)110)71(118)95-51(33-44-22-24-45(104)25-23-44)65(112)89-37-59(106)90-54(35-60(107)108)72(119)101-63(42(7)103)75(122)100-62(41(5)6)74(121)99-56(38-126)77(124)125/h8-10,16-17,22-25,39-42,46-57,62-63,103-104,126H,11-15,18-21,26-38,80-81H2,1-7H3,(H2,82,105)(H,89,112)(H,90,106)(H,91,111)(H,92,117)(H,93,113)(H,94,116)(H,95,118)(H,96,114)(H,97,115)(H,98,120)(H,99,121)(H,100,122)(H,101,119)(H,107,108)(H,109,110)(H,124,125)(H4,83,84,87)(H4,85,86,88)/t42-,46+,47+,48+,49+,50+,51+,52+,53+,54+,55+,56+,57+,62+,63+/m1/s1. The number of rotatable bonds is 57. The minimum absolute atomic E-state index is 0.00596. The van der Waals surface area contributed by atoms with Gasteiger partial charge < -0.3 is 139 Å². The summed E-state index contributed by atoms with van der Waals surface area (Å²) < 4.78 is 0. The smallest absolute Gasteiger partial charge is 0.327 e. The number of carboxylic acid groups (broad SMARTS) is 3. The molecule has 0 bridgehead atoms. The van der Waals surface area contributed by atoms with Gasteiger partial charge in [-0.1, -0.05) is 84.0 Å². The third kappa shape index (κ3) is 39.5. The van der Waals surface area contributed by atoms with Gasteiger partial charge in [-0.2, -0.15) is 12.6 Å². The second-order valence-corrected chi connectivity index (χ2v) is 32.0. The first kappa shape index (κ1) is 108. The van der Waals surface area contributed by atoms with E-state index in [-0.39, 0.29) is 125 Å². The lowest BCUT2D eigenvalue weighted by Gasteiger charge is -2.31. The molecule has 46 nitrogen and oxygen atoms in total. The van der Waals surface area contributed by atoms with Gasteiger partial charge in [0.1, 0.15) is 84.3 Å². The zero-order valence-electron chi connectivity index (χ0n) is 71.5. The number of primary amides is 1. The van der Waals surface area contributed by atoms with E-state index in [0.717, 1.165) is 6.92 Å². The Labute approximate surface area is 733 Å². The number of nitrogens with two attached hydrogens (primary N) is 5. The van der Waals surface area contributed by atoms with E-state index < -0.39 is 241 Å². The van der Waals surface area contributed by atoms with Crippen LogP contribution in [0.1, 0.15) is 149 Å². The minimum atomic E-state index is -2.06. The number of nitrogens with zero attached hydrogens (tertiary/aromatic N) is 1. The van der Waals surface area contributed by atoms with Crippen LogP contribution in [0.25, 0.3) is 0 Å². The van der Waals surface area contributed by atoms with Gasteiger partial charge in [-0.05, 0) is 125 Å². The van der Waals surface area contributed by atoms with Crippen molar-refractivity contribution in [3.63, 3.8) is 0 Å². The van der Waals surface area contributed by atoms with Crippen LogP contribution >= 0.6 is 12.6 Å². The number of carbonyl (C=O) groups is 18. The fourth-order valence-electron chi connectivity index (χ4n) is 13.0. The van der Waals surface area contributed by atoms with E-state index in [1.807, 2.05) is 0 Å². The first-order valence-electron chi connectivity index (χ1n) is 41.1. The molecule has 1 fully saturated rings. The number of thiol groups is 1. The van der Waals surface area contributed by atoms with Crippen LogP contribution in [-0.4, -0.2) is 278 Å². The molecule has 0 aromatic heterocycles. The van der Waals surface area contributed by atoms with Crippen LogP contribution in [0.4, 0.5) is 0 Å². The van der Waals surface area contributed by atoms with Crippen molar-refractivity contribution in [1.29, 1.82) is 10.8 Å². The number of guanidine groups is 2. The molecular formula is C79H125N23O23S. The summed E-state index contributed by atoms with van der Waals surface area (Å²) in [7, 11) is 0. The third-order valence-electron chi connectivity index (χ3n) is 19.6. The highest BCUT2D eigenvalue weighted by Gasteiger charge is 2.43. The van der Waals surface area contributed by atoms with Crippen LogP contribution in [0.3, 0.4) is 0 Å². The summed E-state index contributed by atoms with van der Waals surface area (Å²) in [6.45, 7) is 10.1. The highest BCUT2D eigenvalue weighted by Crippen LogP contribution is 2.22. The van der Waals surface area contributed by atoms with E-state index in [1.165, 1.54) is 43.0 Å². The summed E-state index contributed by atoms with van der Waals surface area (Å²) in [5.74, 6) is -23.4. The molecule has 0 aliphatic carbocycles. The second kappa shape index (κ2) is 55.0. The number of nitrogens with one attached hydrogen (secondary N) is 17. The summed E-state index contributed by atoms with van der Waals surface area (Å²) in [6, 6.07) is -9.12. The number of aromatic hydroxyl groups is 1. The Bertz CT molecular complexity index is 4090. The van der Waals surface area contributed by atoms with Crippen molar-refractivity contribution in [2.75, 3.05) is 38.5 Å². The third-order valence-corrected chi connectivity index (χ3v) is 19.9. The Hall–Kier alpha value is -12.5. The van der Waals surface area contributed by atoms with E-state index in [1.54, 1.807) is 58.0 Å². The van der Waals surface area contributed by atoms with Crippen LogP contribution in [0.5, 0.6) is 5.75 Å². The van der Waals surface area contributed by atoms with E-state index in [2.05, 4.69) is 92.4 Å². The number of aliphatic carboxylic acids is 3. The molecule has 3 rings (SSSR count). The molecule has 15 amide bonds. The van der Waals surface area contributed by atoms with Gasteiger partial charge in [-0.3, -0.25) is 92.3 Å². The average Bonchev–Trinajstić information content (AvgIpc) is 1.66. The minimum Gasteiger partial charge on any atom is -0.508 e. The number of carboxylic acids is 3. The van der Waals surface area contributed by atoms with Gasteiger partial charge in [0.2, 0.25) is 88.6 Å². The Kier molecular flexibility index (Phi) is 47.0. The predicted octanol–water partition coefficient (Wildman–Crippen LogP) is -6.95. The van der Waals surface area contributed by atoms with Crippen molar-refractivity contribution < 1.29 is 112 Å². The predicted molar refractivity (Wildman–Crippen MR) is 457 cm³/mol. The van der Waals surface area contributed by atoms with Crippen molar-refractivity contribution in [3.05, 3.63) is 65.7 Å². The van der Waals surface area contributed by atoms with Crippen molar-refractivity contribution in [1.82, 2.24) is 84.7 Å². The lowest BCUT2D eigenvalue weighted by molar-refractivity contribution is -0.143. The Morgan fingerprint density at radius 1 is 0.468 bits per heavy atom. The van der Waals surface area contributed by atoms with E-state index in [9.17, 15) is 107 Å². The summed E-state index contributed by atoms with van der Waals surface area (Å²) in [4.78, 5) is 249. The number of amides is 15. The van der Waals surface area contributed by atoms with Gasteiger partial charge in [0, 0.05) is 38.2 Å². The molecule has 1 saturated heterocycles. The number of aliphatic hydroxyl groups is 1. The van der Waals surface area contributed by atoms with Crippen LogP contribution in [0.15, 0.2) is 54.6 Å². The first-order valence-corrected chi connectivity index (χ1v) is 41.8. The summed E-state index contributed by atoms with van der Waals surface area (Å²) >= 11 is 3.91. The molecule has 1 aliphatic rings. The van der Waals surface area contributed by atoms with Gasteiger partial charge >= 0.3 is 17.9 Å². The number of phenolic OH excluding ortho intramolecular Hbond substituents is 1. The van der Waals surface area contributed by atoms with Crippen LogP contribution in [0, 0.1) is 28.6 Å². The van der Waals surface area contributed by atoms with Crippen molar-refractivity contribution in [3.8, 4) is 5.75 Å². The zero-order valence-corrected chi connectivity index (χ0v) is 72.4. The number of hydrogen-bond acceptors (Lipinski definition) is 25. The number of aliphatic hydroxyl groups excluding tert-OH is 1. The van der Waals surface area contributed by atoms with Gasteiger partial charge in [-0.25, -0.2) is 4.79 Å². The number of phenols is 1. The van der Waals surface area contributed by atoms with Crippen molar-refractivity contribution in [2.45, 2.75) is 242 Å². The molecule has 126 heavy (non-hydrogen) atoms. The van der Waals surface area contributed by atoms with Gasteiger partial charge in [0.25, 0.3) is 0 Å². The van der Waals surface area contributed by atoms with Crippen LogP contribution in [-0.2, 0) is 99.1 Å². The molecule has 2 aromatic carbocycles. The molecular weight excluding hydrogens is 1670 g/mol. The molecule has 0 unspecified atom stereocenters. The number of benzene rings is 2. The quantitative estimate of drug-likeness (QED) is 0.0127. The molecule has 700 valence electrons. The number of likely N-dealkylation sites (tertiary alicyclic amines) is 1. The zero-order chi connectivity index (χ0) is 94.8. The maximum absolute atomic E-state index is 15.0. The van der Waals surface area contributed by atoms with Crippen molar-refractivity contribution in [2.24, 2.45) is 46.4 Å². The summed E-state index contributed by atoms with van der Waals surface area (Å²) in [5, 5.41) is 101. The molecule has 15 atom stereocenters. The molecule has 0 spiro atoms.